The Hall–Kier alpha value is -1.39. The van der Waals surface area contributed by atoms with Crippen LogP contribution in [0.2, 0.25) is 0 Å². The van der Waals surface area contributed by atoms with Gasteiger partial charge in [-0.05, 0) is 49.7 Å². The minimum Gasteiger partial charge on any atom is -0.439 e. The average molecular weight is 335 g/mol. The van der Waals surface area contributed by atoms with E-state index < -0.39 is 0 Å². The predicted molar refractivity (Wildman–Crippen MR) is 85.2 cm³/mol. The van der Waals surface area contributed by atoms with Gasteiger partial charge in [0.1, 0.15) is 5.75 Å². The number of aromatic nitrogens is 1. The quantitative estimate of drug-likeness (QED) is 0.831. The fourth-order valence-electron chi connectivity index (χ4n) is 1.88. The minimum atomic E-state index is 0.294. The number of pyridine rings is 1. The van der Waals surface area contributed by atoms with E-state index in [-0.39, 0.29) is 0 Å². The molecule has 1 aromatic carbocycles. The molecule has 0 fully saturated rings. The summed E-state index contributed by atoms with van der Waals surface area (Å²) >= 11 is 3.43. The summed E-state index contributed by atoms with van der Waals surface area (Å²) in [5.74, 6) is 1.39. The Morgan fingerprint density at radius 1 is 1.30 bits per heavy atom. The van der Waals surface area contributed by atoms with E-state index in [1.807, 2.05) is 36.4 Å². The van der Waals surface area contributed by atoms with Crippen LogP contribution in [-0.2, 0) is 0 Å². The number of rotatable bonds is 6. The maximum absolute atomic E-state index is 5.79. The second kappa shape index (κ2) is 7.41. The number of benzene rings is 1. The zero-order valence-electron chi connectivity index (χ0n) is 11.8. The molecule has 1 aromatic heterocycles. The van der Waals surface area contributed by atoms with E-state index in [0.717, 1.165) is 23.2 Å². The summed E-state index contributed by atoms with van der Waals surface area (Å²) in [6, 6.07) is 12.0. The molecular weight excluding hydrogens is 316 g/mol. The van der Waals surface area contributed by atoms with Gasteiger partial charge in [-0.15, -0.1) is 0 Å². The normalized spacial score (nSPS) is 12.2. The molecule has 3 nitrogen and oxygen atoms in total. The van der Waals surface area contributed by atoms with Crippen molar-refractivity contribution in [1.82, 2.24) is 10.3 Å². The number of nitrogens with one attached hydrogen (secondary N) is 1. The van der Waals surface area contributed by atoms with E-state index in [1.165, 1.54) is 5.56 Å². The summed E-state index contributed by atoms with van der Waals surface area (Å²) in [5, 5.41) is 3.46. The fraction of sp³-hybridized carbons (Fsp3) is 0.312. The molecule has 0 aliphatic carbocycles. The van der Waals surface area contributed by atoms with Gasteiger partial charge in [-0.25, -0.2) is 4.98 Å². The largest absolute Gasteiger partial charge is 0.439 e. The van der Waals surface area contributed by atoms with Crippen molar-refractivity contribution in [2.24, 2.45) is 0 Å². The van der Waals surface area contributed by atoms with Crippen molar-refractivity contribution in [2.45, 2.75) is 26.3 Å². The molecule has 0 saturated carbocycles. The lowest BCUT2D eigenvalue weighted by Crippen LogP contribution is -2.19. The number of nitrogens with zero attached hydrogens (tertiary/aromatic N) is 1. The molecule has 1 atom stereocenters. The third-order valence-electron chi connectivity index (χ3n) is 2.98. The highest BCUT2D eigenvalue weighted by Crippen LogP contribution is 2.24. The highest BCUT2D eigenvalue weighted by atomic mass is 79.9. The SMILES string of the molecule is CCCNC(C)c1ccnc(Oc2cccc(Br)c2)c1. The van der Waals surface area contributed by atoms with Gasteiger partial charge in [0.15, 0.2) is 0 Å². The number of hydrogen-bond acceptors (Lipinski definition) is 3. The second-order valence-corrected chi connectivity index (χ2v) is 5.58. The summed E-state index contributed by atoms with van der Waals surface area (Å²) in [7, 11) is 0. The van der Waals surface area contributed by atoms with Crippen LogP contribution in [0, 0.1) is 0 Å². The molecule has 0 saturated heterocycles. The summed E-state index contributed by atoms with van der Waals surface area (Å²) in [6.07, 6.45) is 2.91. The average Bonchev–Trinajstić information content (AvgIpc) is 2.45. The molecule has 0 aliphatic rings. The molecule has 2 aromatic rings. The van der Waals surface area contributed by atoms with E-state index in [2.05, 4.69) is 40.1 Å². The first-order valence-corrected chi connectivity index (χ1v) is 7.61. The van der Waals surface area contributed by atoms with Crippen LogP contribution >= 0.6 is 15.9 Å². The summed E-state index contributed by atoms with van der Waals surface area (Å²) < 4.78 is 6.78. The van der Waals surface area contributed by atoms with Gasteiger partial charge in [0, 0.05) is 22.8 Å². The second-order valence-electron chi connectivity index (χ2n) is 4.66. The maximum Gasteiger partial charge on any atom is 0.219 e. The van der Waals surface area contributed by atoms with Crippen LogP contribution in [0.25, 0.3) is 0 Å². The molecule has 0 aliphatic heterocycles. The smallest absolute Gasteiger partial charge is 0.219 e. The topological polar surface area (TPSA) is 34.2 Å². The van der Waals surface area contributed by atoms with Gasteiger partial charge in [0.05, 0.1) is 0 Å². The van der Waals surface area contributed by atoms with Gasteiger partial charge >= 0.3 is 0 Å². The van der Waals surface area contributed by atoms with Crippen molar-refractivity contribution in [1.29, 1.82) is 0 Å². The Morgan fingerprint density at radius 3 is 2.90 bits per heavy atom. The van der Waals surface area contributed by atoms with E-state index in [4.69, 9.17) is 4.74 Å². The molecule has 1 heterocycles. The first-order valence-electron chi connectivity index (χ1n) is 6.82. The van der Waals surface area contributed by atoms with Gasteiger partial charge < -0.3 is 10.1 Å². The Labute approximate surface area is 128 Å². The van der Waals surface area contributed by atoms with Crippen molar-refractivity contribution in [3.63, 3.8) is 0 Å². The molecule has 1 N–H and O–H groups in total. The number of halogens is 1. The Balaban J connectivity index is 2.09. The van der Waals surface area contributed by atoms with Crippen molar-refractivity contribution < 1.29 is 4.74 Å². The van der Waals surface area contributed by atoms with E-state index in [0.29, 0.717) is 11.9 Å². The van der Waals surface area contributed by atoms with Crippen molar-refractivity contribution in [3.05, 3.63) is 52.6 Å². The third kappa shape index (κ3) is 4.32. The zero-order chi connectivity index (χ0) is 14.4. The lowest BCUT2D eigenvalue weighted by molar-refractivity contribution is 0.459. The Kier molecular flexibility index (Phi) is 5.56. The summed E-state index contributed by atoms with van der Waals surface area (Å²) in [6.45, 7) is 5.31. The molecule has 0 amide bonds. The monoisotopic (exact) mass is 334 g/mol. The first kappa shape index (κ1) is 15.0. The van der Waals surface area contributed by atoms with Crippen molar-refractivity contribution in [3.8, 4) is 11.6 Å². The zero-order valence-corrected chi connectivity index (χ0v) is 13.4. The Bertz CT molecular complexity index is 560. The van der Waals surface area contributed by atoms with Crippen LogP contribution < -0.4 is 10.1 Å². The molecule has 20 heavy (non-hydrogen) atoms. The molecule has 2 rings (SSSR count). The molecule has 0 bridgehead atoms. The van der Waals surface area contributed by atoms with Crippen LogP contribution in [0.15, 0.2) is 47.1 Å². The number of hydrogen-bond donors (Lipinski definition) is 1. The van der Waals surface area contributed by atoms with Crippen LogP contribution in [0.3, 0.4) is 0 Å². The van der Waals surface area contributed by atoms with E-state index in [1.54, 1.807) is 6.20 Å². The number of ether oxygens (including phenoxy) is 1. The highest BCUT2D eigenvalue weighted by molar-refractivity contribution is 9.10. The van der Waals surface area contributed by atoms with E-state index >= 15 is 0 Å². The standard InChI is InChI=1S/C16H19BrN2O/c1-3-8-18-12(2)13-7-9-19-16(10-13)20-15-6-4-5-14(17)11-15/h4-7,9-12,18H,3,8H2,1-2H3. The van der Waals surface area contributed by atoms with Crippen LogP contribution in [0.5, 0.6) is 11.6 Å². The molecule has 0 spiro atoms. The molecular formula is C16H19BrN2O. The fourth-order valence-corrected chi connectivity index (χ4v) is 2.26. The third-order valence-corrected chi connectivity index (χ3v) is 3.47. The maximum atomic E-state index is 5.79. The summed E-state index contributed by atoms with van der Waals surface area (Å²) in [4.78, 5) is 4.26. The van der Waals surface area contributed by atoms with E-state index in [9.17, 15) is 0 Å². The van der Waals surface area contributed by atoms with Crippen LogP contribution in [0.1, 0.15) is 31.9 Å². The summed E-state index contributed by atoms with van der Waals surface area (Å²) in [5.41, 5.74) is 1.18. The van der Waals surface area contributed by atoms with Crippen LogP contribution in [0.4, 0.5) is 0 Å². The minimum absolute atomic E-state index is 0.294. The van der Waals surface area contributed by atoms with Gasteiger partial charge in [-0.3, -0.25) is 0 Å². The first-order chi connectivity index (χ1) is 9.69. The van der Waals surface area contributed by atoms with Crippen LogP contribution in [-0.4, -0.2) is 11.5 Å². The molecule has 0 radical (unpaired) electrons. The van der Waals surface area contributed by atoms with Gasteiger partial charge in [0.25, 0.3) is 0 Å². The molecule has 106 valence electrons. The predicted octanol–water partition coefficient (Wildman–Crippen LogP) is 4.70. The Morgan fingerprint density at radius 2 is 2.15 bits per heavy atom. The molecule has 1 unspecified atom stereocenters. The lowest BCUT2D eigenvalue weighted by atomic mass is 10.1. The van der Waals surface area contributed by atoms with Gasteiger partial charge in [0.2, 0.25) is 5.88 Å². The van der Waals surface area contributed by atoms with Gasteiger partial charge in [-0.1, -0.05) is 28.9 Å². The highest BCUT2D eigenvalue weighted by Gasteiger charge is 2.07. The van der Waals surface area contributed by atoms with Crippen molar-refractivity contribution >= 4 is 15.9 Å². The molecule has 4 heteroatoms. The lowest BCUT2D eigenvalue weighted by Gasteiger charge is -2.14. The van der Waals surface area contributed by atoms with Crippen molar-refractivity contribution in [2.75, 3.05) is 6.54 Å². The van der Waals surface area contributed by atoms with Gasteiger partial charge in [-0.2, -0.15) is 0 Å².